The molecule has 0 aliphatic carbocycles. The van der Waals surface area contributed by atoms with Crippen LogP contribution < -0.4 is 10.1 Å². The van der Waals surface area contributed by atoms with E-state index in [1.54, 1.807) is 17.4 Å². The lowest BCUT2D eigenvalue weighted by Crippen LogP contribution is -2.50. The van der Waals surface area contributed by atoms with E-state index >= 15 is 0 Å². The van der Waals surface area contributed by atoms with Crippen LogP contribution in [0.3, 0.4) is 0 Å². The zero-order valence-corrected chi connectivity index (χ0v) is 20.9. The number of fused-ring (bicyclic) bond motifs is 1. The molecule has 0 fully saturated rings. The number of hydrogen-bond acceptors (Lipinski definition) is 4. The zero-order valence-electron chi connectivity index (χ0n) is 20.0. The fraction of sp³-hybridized carbons (Fsp3) is 0.462. The van der Waals surface area contributed by atoms with Crippen LogP contribution in [0.5, 0.6) is 5.75 Å². The Morgan fingerprint density at radius 3 is 2.61 bits per heavy atom. The number of nitrogens with one attached hydrogen (secondary N) is 1. The molecule has 1 aliphatic rings. The zero-order chi connectivity index (χ0) is 24.0. The van der Waals surface area contributed by atoms with Gasteiger partial charge in [-0.1, -0.05) is 32.1 Å². The number of hydrogen-bond donors (Lipinski definition) is 1. The SMILES string of the molecule is C=CCN(CC(=O)N1CCc2sccc2[C@H]1COc1ccc(C(C)C)cc1)C(=O)NC(C)C. The molecule has 3 rings (SSSR count). The van der Waals surface area contributed by atoms with Crippen LogP contribution in [0.4, 0.5) is 4.79 Å². The van der Waals surface area contributed by atoms with Crippen LogP contribution in [0.2, 0.25) is 0 Å². The Bertz CT molecular complexity index is 952. The minimum absolute atomic E-state index is 0.00360. The highest BCUT2D eigenvalue weighted by Crippen LogP contribution is 2.34. The van der Waals surface area contributed by atoms with Gasteiger partial charge in [0.15, 0.2) is 0 Å². The summed E-state index contributed by atoms with van der Waals surface area (Å²) in [4.78, 5) is 30.6. The minimum atomic E-state index is -0.260. The molecular formula is C26H35N3O3S. The van der Waals surface area contributed by atoms with Crippen molar-refractivity contribution in [3.63, 3.8) is 0 Å². The van der Waals surface area contributed by atoms with Crippen molar-refractivity contribution in [2.75, 3.05) is 26.2 Å². The fourth-order valence-corrected chi connectivity index (χ4v) is 4.89. The first kappa shape index (κ1) is 24.8. The lowest BCUT2D eigenvalue weighted by atomic mass is 10.00. The predicted octanol–water partition coefficient (Wildman–Crippen LogP) is 4.98. The Labute approximate surface area is 201 Å². The maximum atomic E-state index is 13.4. The summed E-state index contributed by atoms with van der Waals surface area (Å²) < 4.78 is 6.14. The molecule has 0 saturated carbocycles. The molecule has 6 nitrogen and oxygen atoms in total. The van der Waals surface area contributed by atoms with Gasteiger partial charge in [0.25, 0.3) is 0 Å². The van der Waals surface area contributed by atoms with Crippen molar-refractivity contribution in [1.82, 2.24) is 15.1 Å². The first-order chi connectivity index (χ1) is 15.8. The van der Waals surface area contributed by atoms with Gasteiger partial charge in [0, 0.05) is 24.0 Å². The van der Waals surface area contributed by atoms with Crippen molar-refractivity contribution in [2.45, 2.75) is 52.1 Å². The van der Waals surface area contributed by atoms with Gasteiger partial charge in [-0.3, -0.25) is 4.79 Å². The molecule has 0 saturated heterocycles. The summed E-state index contributed by atoms with van der Waals surface area (Å²) in [5, 5.41) is 4.94. The second-order valence-electron chi connectivity index (χ2n) is 8.96. The first-order valence-electron chi connectivity index (χ1n) is 11.5. The van der Waals surface area contributed by atoms with Crippen LogP contribution >= 0.6 is 11.3 Å². The molecule has 2 aromatic rings. The first-order valence-corrected chi connectivity index (χ1v) is 12.4. The van der Waals surface area contributed by atoms with Gasteiger partial charge in [0.05, 0.1) is 6.04 Å². The number of thiophene rings is 1. The second kappa shape index (κ2) is 11.4. The number of urea groups is 1. The average molecular weight is 470 g/mol. The normalized spacial score (nSPS) is 15.3. The molecule has 0 unspecified atom stereocenters. The summed E-state index contributed by atoms with van der Waals surface area (Å²) in [5.74, 6) is 1.17. The summed E-state index contributed by atoms with van der Waals surface area (Å²) in [6.07, 6.45) is 2.46. The molecule has 0 spiro atoms. The van der Waals surface area contributed by atoms with Crippen molar-refractivity contribution in [2.24, 2.45) is 0 Å². The van der Waals surface area contributed by atoms with Gasteiger partial charge in [-0.15, -0.1) is 17.9 Å². The Morgan fingerprint density at radius 2 is 1.97 bits per heavy atom. The van der Waals surface area contributed by atoms with Crippen LogP contribution in [-0.4, -0.2) is 54.0 Å². The Balaban J connectivity index is 1.74. The Kier molecular flexibility index (Phi) is 8.55. The molecule has 1 aromatic carbocycles. The number of benzene rings is 1. The van der Waals surface area contributed by atoms with E-state index in [1.165, 1.54) is 15.3 Å². The molecule has 2 heterocycles. The topological polar surface area (TPSA) is 61.9 Å². The van der Waals surface area contributed by atoms with Crippen LogP contribution in [0.15, 0.2) is 48.4 Å². The number of carbonyl (C=O) groups excluding carboxylic acids is 2. The fourth-order valence-electron chi connectivity index (χ4n) is 3.97. The van der Waals surface area contributed by atoms with Gasteiger partial charge in [-0.05, 0) is 60.9 Å². The van der Waals surface area contributed by atoms with E-state index in [4.69, 9.17) is 4.74 Å². The number of ether oxygens (including phenoxy) is 1. The third-order valence-electron chi connectivity index (χ3n) is 5.74. The van der Waals surface area contributed by atoms with Crippen molar-refractivity contribution in [3.05, 3.63) is 64.4 Å². The molecule has 1 aliphatic heterocycles. The van der Waals surface area contributed by atoms with E-state index in [0.717, 1.165) is 17.7 Å². The van der Waals surface area contributed by atoms with Crippen LogP contribution in [0.1, 0.15) is 55.7 Å². The molecule has 0 bridgehead atoms. The molecule has 7 heteroatoms. The highest BCUT2D eigenvalue weighted by Gasteiger charge is 2.33. The van der Waals surface area contributed by atoms with Crippen LogP contribution in [0, 0.1) is 0 Å². The van der Waals surface area contributed by atoms with E-state index in [0.29, 0.717) is 25.6 Å². The van der Waals surface area contributed by atoms with E-state index in [-0.39, 0.29) is 30.6 Å². The summed E-state index contributed by atoms with van der Waals surface area (Å²) in [6, 6.07) is 9.78. The van der Waals surface area contributed by atoms with Crippen molar-refractivity contribution in [3.8, 4) is 5.75 Å². The molecule has 3 amide bonds. The number of carbonyl (C=O) groups is 2. The average Bonchev–Trinajstić information content (AvgIpc) is 3.26. The highest BCUT2D eigenvalue weighted by molar-refractivity contribution is 7.10. The summed E-state index contributed by atoms with van der Waals surface area (Å²) in [6.45, 7) is 13.2. The maximum Gasteiger partial charge on any atom is 0.318 e. The van der Waals surface area contributed by atoms with Crippen LogP contribution in [-0.2, 0) is 11.2 Å². The van der Waals surface area contributed by atoms with Gasteiger partial charge in [0.2, 0.25) is 5.91 Å². The van der Waals surface area contributed by atoms with Crippen molar-refractivity contribution < 1.29 is 14.3 Å². The van der Waals surface area contributed by atoms with E-state index in [9.17, 15) is 9.59 Å². The van der Waals surface area contributed by atoms with E-state index in [2.05, 4.69) is 49.3 Å². The third-order valence-corrected chi connectivity index (χ3v) is 6.74. The van der Waals surface area contributed by atoms with Crippen molar-refractivity contribution in [1.29, 1.82) is 0 Å². The number of amides is 3. The van der Waals surface area contributed by atoms with Crippen LogP contribution in [0.25, 0.3) is 0 Å². The highest BCUT2D eigenvalue weighted by atomic mass is 32.1. The summed E-state index contributed by atoms with van der Waals surface area (Å²) in [7, 11) is 0. The monoisotopic (exact) mass is 469 g/mol. The van der Waals surface area contributed by atoms with Crippen molar-refractivity contribution >= 4 is 23.3 Å². The molecule has 0 radical (unpaired) electrons. The quantitative estimate of drug-likeness (QED) is 0.527. The minimum Gasteiger partial charge on any atom is -0.491 e. The third kappa shape index (κ3) is 6.38. The predicted molar refractivity (Wildman–Crippen MR) is 134 cm³/mol. The molecule has 1 aromatic heterocycles. The van der Waals surface area contributed by atoms with Gasteiger partial charge >= 0.3 is 6.03 Å². The lowest BCUT2D eigenvalue weighted by Gasteiger charge is -2.37. The van der Waals surface area contributed by atoms with E-state index < -0.39 is 0 Å². The largest absolute Gasteiger partial charge is 0.491 e. The van der Waals surface area contributed by atoms with Gasteiger partial charge in [0.1, 0.15) is 18.9 Å². The van der Waals surface area contributed by atoms with E-state index in [1.807, 2.05) is 30.9 Å². The van der Waals surface area contributed by atoms with Gasteiger partial charge < -0.3 is 19.9 Å². The standard InChI is InChI=1S/C26H35N3O3S/c1-6-13-28(26(31)27-19(4)5)16-25(30)29-14-11-24-22(12-15-33-24)23(29)17-32-21-9-7-20(8-10-21)18(2)3/h6-10,12,15,18-19,23H,1,11,13-14,16-17H2,2-5H3,(H,27,31)/t23-/m1/s1. The summed E-state index contributed by atoms with van der Waals surface area (Å²) in [5.41, 5.74) is 2.40. The maximum absolute atomic E-state index is 13.4. The molecular weight excluding hydrogens is 434 g/mol. The Hall–Kier alpha value is -2.80. The smallest absolute Gasteiger partial charge is 0.318 e. The van der Waals surface area contributed by atoms with Gasteiger partial charge in [-0.2, -0.15) is 0 Å². The second-order valence-corrected chi connectivity index (χ2v) is 9.96. The van der Waals surface area contributed by atoms with Gasteiger partial charge in [-0.25, -0.2) is 4.79 Å². The molecule has 1 N–H and O–H groups in total. The number of rotatable bonds is 9. The molecule has 1 atom stereocenters. The molecule has 178 valence electrons. The summed E-state index contributed by atoms with van der Waals surface area (Å²) >= 11 is 1.72. The Morgan fingerprint density at radius 1 is 1.24 bits per heavy atom. The molecule has 33 heavy (non-hydrogen) atoms. The lowest BCUT2D eigenvalue weighted by molar-refractivity contribution is -0.135. The number of nitrogens with zero attached hydrogens (tertiary/aromatic N) is 2.